The van der Waals surface area contributed by atoms with Crippen molar-refractivity contribution in [2.24, 2.45) is 0 Å². The Morgan fingerprint density at radius 3 is 2.11 bits per heavy atom. The molecule has 204 valence electrons. The average Bonchev–Trinajstić information content (AvgIpc) is 3.23. The molecule has 1 heterocycles. The lowest BCUT2D eigenvalue weighted by Crippen LogP contribution is -2.46. The van der Waals surface area contributed by atoms with Gasteiger partial charge in [-0.25, -0.2) is 8.42 Å². The molecular weight excluding hydrogens is 500 g/mol. The largest absolute Gasteiger partial charge is 0.544 e. The van der Waals surface area contributed by atoms with E-state index in [0.29, 0.717) is 37.4 Å². The number of sulfone groups is 1. The van der Waals surface area contributed by atoms with Gasteiger partial charge in [-0.15, -0.1) is 6.58 Å². The molecule has 3 rings (SSSR count). The van der Waals surface area contributed by atoms with Crippen molar-refractivity contribution in [1.82, 2.24) is 0 Å². The number of aryl methyl sites for hydroxylation is 2. The predicted octanol–water partition coefficient (Wildman–Crippen LogP) is 7.25. The fourth-order valence-corrected chi connectivity index (χ4v) is 7.81. The van der Waals surface area contributed by atoms with Crippen molar-refractivity contribution in [3.05, 3.63) is 72.3 Å². The molecule has 2 aromatic rings. The second kappa shape index (κ2) is 11.0. The van der Waals surface area contributed by atoms with E-state index in [0.717, 1.165) is 16.9 Å². The van der Waals surface area contributed by atoms with E-state index in [1.165, 1.54) is 0 Å². The second-order valence-electron chi connectivity index (χ2n) is 12.0. The molecule has 5 nitrogen and oxygen atoms in total. The van der Waals surface area contributed by atoms with Crippen molar-refractivity contribution >= 4 is 18.2 Å². The average molecular weight is 545 g/mol. The summed E-state index contributed by atoms with van der Waals surface area (Å²) >= 11 is 0. The van der Waals surface area contributed by atoms with E-state index in [-0.39, 0.29) is 11.5 Å². The van der Waals surface area contributed by atoms with Crippen LogP contribution < -0.4 is 4.43 Å². The van der Waals surface area contributed by atoms with Crippen LogP contribution in [0.25, 0.3) is 0 Å². The van der Waals surface area contributed by atoms with Gasteiger partial charge in [0.1, 0.15) is 5.75 Å². The predicted molar refractivity (Wildman–Crippen MR) is 153 cm³/mol. The highest BCUT2D eigenvalue weighted by Crippen LogP contribution is 2.43. The number of ether oxygens (including phenoxy) is 2. The van der Waals surface area contributed by atoms with E-state index < -0.39 is 28.7 Å². The maximum Gasteiger partial charge on any atom is 0.250 e. The minimum atomic E-state index is -3.74. The molecule has 1 saturated heterocycles. The maximum atomic E-state index is 14.2. The molecule has 1 fully saturated rings. The van der Waals surface area contributed by atoms with Crippen LogP contribution >= 0.6 is 0 Å². The molecule has 0 amide bonds. The summed E-state index contributed by atoms with van der Waals surface area (Å²) in [7, 11) is -5.67. The third kappa shape index (κ3) is 6.74. The molecule has 0 N–H and O–H groups in total. The number of hydrogen-bond donors (Lipinski definition) is 0. The highest BCUT2D eigenvalue weighted by molar-refractivity contribution is 7.92. The topological polar surface area (TPSA) is 61.8 Å². The summed E-state index contributed by atoms with van der Waals surface area (Å²) in [6.07, 6.45) is 3.25. The Morgan fingerprint density at radius 1 is 1.03 bits per heavy atom. The molecule has 1 unspecified atom stereocenters. The van der Waals surface area contributed by atoms with Gasteiger partial charge in [-0.2, -0.15) is 0 Å². The van der Waals surface area contributed by atoms with Crippen LogP contribution in [0.15, 0.2) is 66.1 Å². The summed E-state index contributed by atoms with van der Waals surface area (Å²) in [5, 5.41) is 0.112. The fourth-order valence-electron chi connectivity index (χ4n) is 4.62. The molecule has 1 aliphatic heterocycles. The SMILES string of the molecule is C=CCC(CCc1ccc(O[Si](C)(C)C(C)(C)C)cc1)(CC1(C)OCCO1)S(=O)(=O)c1ccc(C)cc1. The molecule has 0 saturated carbocycles. The van der Waals surface area contributed by atoms with Gasteiger partial charge in [-0.3, -0.25) is 0 Å². The highest BCUT2D eigenvalue weighted by Gasteiger charge is 2.50. The Hall–Kier alpha value is -1.93. The molecule has 0 aromatic heterocycles. The monoisotopic (exact) mass is 544 g/mol. The van der Waals surface area contributed by atoms with Gasteiger partial charge in [-0.05, 0) is 81.1 Å². The van der Waals surface area contributed by atoms with Gasteiger partial charge in [0.25, 0.3) is 0 Å². The third-order valence-corrected chi connectivity index (χ3v) is 14.8. The normalized spacial score (nSPS) is 17.8. The van der Waals surface area contributed by atoms with Gasteiger partial charge in [0, 0.05) is 6.42 Å². The van der Waals surface area contributed by atoms with Gasteiger partial charge in [0.15, 0.2) is 15.6 Å². The van der Waals surface area contributed by atoms with Gasteiger partial charge >= 0.3 is 0 Å². The van der Waals surface area contributed by atoms with Crippen LogP contribution in [-0.2, 0) is 25.7 Å². The van der Waals surface area contributed by atoms with Crippen molar-refractivity contribution < 1.29 is 22.3 Å². The van der Waals surface area contributed by atoms with E-state index in [4.69, 9.17) is 13.9 Å². The number of rotatable bonds is 11. The summed E-state index contributed by atoms with van der Waals surface area (Å²) < 4.78 is 45.6. The van der Waals surface area contributed by atoms with Gasteiger partial charge < -0.3 is 13.9 Å². The van der Waals surface area contributed by atoms with Crippen LogP contribution in [0.3, 0.4) is 0 Å². The first-order chi connectivity index (χ1) is 17.1. The van der Waals surface area contributed by atoms with Crippen LogP contribution in [0.1, 0.15) is 58.1 Å². The zero-order valence-electron chi connectivity index (χ0n) is 23.6. The minimum Gasteiger partial charge on any atom is -0.544 e. The number of benzene rings is 2. The van der Waals surface area contributed by atoms with Crippen molar-refractivity contribution in [3.63, 3.8) is 0 Å². The summed E-state index contributed by atoms with van der Waals surface area (Å²) in [6.45, 7) is 19.8. The fraction of sp³-hybridized carbons (Fsp3) is 0.533. The second-order valence-corrected chi connectivity index (χ2v) is 19.1. The standard InChI is InChI=1S/C30H44O5SSi/c1-9-19-30(23-29(6)33-21-22-34-29,36(31,32)27-16-10-24(2)11-17-27)20-18-25-12-14-26(15-13-25)35-37(7,8)28(3,4)5/h9-17H,1,18-23H2,2-8H3. The van der Waals surface area contributed by atoms with E-state index in [9.17, 15) is 8.42 Å². The molecule has 0 aliphatic carbocycles. The van der Waals surface area contributed by atoms with Crippen LogP contribution in [0, 0.1) is 6.92 Å². The molecule has 37 heavy (non-hydrogen) atoms. The lowest BCUT2D eigenvalue weighted by atomic mass is 9.89. The smallest absolute Gasteiger partial charge is 0.250 e. The molecule has 0 bridgehead atoms. The van der Waals surface area contributed by atoms with Crippen molar-refractivity contribution in [3.8, 4) is 5.75 Å². The first kappa shape index (κ1) is 29.6. The highest BCUT2D eigenvalue weighted by atomic mass is 32.2. The lowest BCUT2D eigenvalue weighted by molar-refractivity contribution is -0.152. The molecule has 1 aliphatic rings. The first-order valence-electron chi connectivity index (χ1n) is 13.1. The van der Waals surface area contributed by atoms with E-state index in [1.54, 1.807) is 18.2 Å². The Kier molecular flexibility index (Phi) is 8.84. The molecule has 0 radical (unpaired) electrons. The molecule has 0 spiro atoms. The van der Waals surface area contributed by atoms with Crippen molar-refractivity contribution in [2.45, 2.75) is 93.9 Å². The van der Waals surface area contributed by atoms with Gasteiger partial charge in [0.2, 0.25) is 8.32 Å². The van der Waals surface area contributed by atoms with Crippen LogP contribution in [0.4, 0.5) is 0 Å². The van der Waals surface area contributed by atoms with E-state index >= 15 is 0 Å². The maximum absolute atomic E-state index is 14.2. The zero-order chi connectivity index (χ0) is 27.5. The molecule has 1 atom stereocenters. The summed E-state index contributed by atoms with van der Waals surface area (Å²) in [5.74, 6) is -0.0954. The Morgan fingerprint density at radius 2 is 1.59 bits per heavy atom. The number of hydrogen-bond acceptors (Lipinski definition) is 5. The number of allylic oxidation sites excluding steroid dienone is 1. The van der Waals surface area contributed by atoms with Gasteiger partial charge in [0.05, 0.1) is 22.9 Å². The summed E-state index contributed by atoms with van der Waals surface area (Å²) in [6, 6.07) is 15.2. The minimum absolute atomic E-state index is 0.112. The molecule has 2 aromatic carbocycles. The van der Waals surface area contributed by atoms with Crippen molar-refractivity contribution in [2.75, 3.05) is 13.2 Å². The van der Waals surface area contributed by atoms with Crippen LogP contribution in [-0.4, -0.2) is 40.5 Å². The Balaban J connectivity index is 1.91. The Labute approximate surface area is 225 Å². The summed E-state index contributed by atoms with van der Waals surface area (Å²) in [5.41, 5.74) is 2.08. The van der Waals surface area contributed by atoms with E-state index in [1.807, 2.05) is 50.2 Å². The first-order valence-corrected chi connectivity index (χ1v) is 17.5. The third-order valence-electron chi connectivity index (χ3n) is 7.93. The zero-order valence-corrected chi connectivity index (χ0v) is 25.4. The van der Waals surface area contributed by atoms with E-state index in [2.05, 4.69) is 40.4 Å². The quantitative estimate of drug-likeness (QED) is 0.220. The lowest BCUT2D eigenvalue weighted by Gasteiger charge is -2.38. The van der Waals surface area contributed by atoms with Gasteiger partial charge in [-0.1, -0.05) is 56.7 Å². The molecular formula is C30H44O5SSi. The molecule has 7 heteroatoms. The van der Waals surface area contributed by atoms with Crippen LogP contribution in [0.5, 0.6) is 5.75 Å². The Bertz CT molecular complexity index is 1160. The van der Waals surface area contributed by atoms with Crippen LogP contribution in [0.2, 0.25) is 18.1 Å². The van der Waals surface area contributed by atoms with Crippen molar-refractivity contribution in [1.29, 1.82) is 0 Å². The summed E-state index contributed by atoms with van der Waals surface area (Å²) in [4.78, 5) is 0.319.